The third kappa shape index (κ3) is 3.84. The van der Waals surface area contributed by atoms with Gasteiger partial charge < -0.3 is 14.9 Å². The Bertz CT molecular complexity index is 506. The summed E-state index contributed by atoms with van der Waals surface area (Å²) in [4.78, 5) is 22.8. The zero-order valence-corrected chi connectivity index (χ0v) is 10.8. The van der Waals surface area contributed by atoms with Gasteiger partial charge in [0.25, 0.3) is 0 Å². The van der Waals surface area contributed by atoms with Gasteiger partial charge in [0.2, 0.25) is 0 Å². The van der Waals surface area contributed by atoms with Crippen molar-refractivity contribution in [1.29, 1.82) is 0 Å². The first-order valence-corrected chi connectivity index (χ1v) is 5.75. The Morgan fingerprint density at radius 1 is 1.42 bits per heavy atom. The zero-order chi connectivity index (χ0) is 14.6. The Morgan fingerprint density at radius 3 is 2.58 bits per heavy atom. The highest BCUT2D eigenvalue weighted by atomic mass is 16.5. The maximum Gasteiger partial charge on any atom is 0.335 e. The summed E-state index contributed by atoms with van der Waals surface area (Å²) in [6, 6.07) is 0. The van der Waals surface area contributed by atoms with E-state index in [1.807, 2.05) is 13.8 Å². The fourth-order valence-electron chi connectivity index (χ4n) is 1.39. The number of aliphatic hydroxyl groups is 1. The van der Waals surface area contributed by atoms with Gasteiger partial charge in [-0.3, -0.25) is 4.79 Å². The van der Waals surface area contributed by atoms with Crippen molar-refractivity contribution in [3.05, 3.63) is 47.5 Å². The largest absolute Gasteiger partial charge is 0.507 e. The lowest BCUT2D eigenvalue weighted by Crippen LogP contribution is -2.10. The van der Waals surface area contributed by atoms with Crippen molar-refractivity contribution in [2.24, 2.45) is 5.92 Å². The molecule has 5 heteroatoms. The lowest BCUT2D eigenvalue weighted by molar-refractivity contribution is -0.132. The highest BCUT2D eigenvalue weighted by Gasteiger charge is 2.16. The summed E-state index contributed by atoms with van der Waals surface area (Å²) in [7, 11) is 0. The SMILES string of the molecule is C=C1C(=O)/C=C(/C(C)C)OC/C=C(C(=O)O)\C=C/1O. The molecule has 0 unspecified atom stereocenters. The summed E-state index contributed by atoms with van der Waals surface area (Å²) >= 11 is 0. The number of aliphatic hydroxyl groups excluding tert-OH is 1. The average Bonchev–Trinajstić information content (AvgIpc) is 2.33. The van der Waals surface area contributed by atoms with Crippen LogP contribution in [0.4, 0.5) is 0 Å². The summed E-state index contributed by atoms with van der Waals surface area (Å²) in [5, 5.41) is 18.6. The molecule has 0 saturated carbocycles. The van der Waals surface area contributed by atoms with E-state index in [2.05, 4.69) is 6.58 Å². The van der Waals surface area contributed by atoms with Crippen LogP contribution in [0.3, 0.4) is 0 Å². The zero-order valence-electron chi connectivity index (χ0n) is 10.8. The van der Waals surface area contributed by atoms with Gasteiger partial charge in [0.1, 0.15) is 18.1 Å². The van der Waals surface area contributed by atoms with Crippen molar-refractivity contribution in [1.82, 2.24) is 0 Å². The fraction of sp³-hybridized carbons (Fsp3) is 0.286. The van der Waals surface area contributed by atoms with Gasteiger partial charge in [0, 0.05) is 12.0 Å². The van der Waals surface area contributed by atoms with Crippen LogP contribution in [0.1, 0.15) is 13.8 Å². The Hall–Kier alpha value is -2.30. The van der Waals surface area contributed by atoms with E-state index in [-0.39, 0.29) is 23.7 Å². The molecular formula is C14H16O5. The molecule has 1 aliphatic rings. The maximum absolute atomic E-state index is 11.8. The van der Waals surface area contributed by atoms with Crippen LogP contribution in [0.5, 0.6) is 0 Å². The summed E-state index contributed by atoms with van der Waals surface area (Å²) in [6.07, 6.45) is 3.56. The number of allylic oxidation sites excluding steroid dienone is 3. The Labute approximate surface area is 111 Å². The minimum atomic E-state index is -1.22. The van der Waals surface area contributed by atoms with E-state index >= 15 is 0 Å². The first-order chi connectivity index (χ1) is 8.82. The fourth-order valence-corrected chi connectivity index (χ4v) is 1.39. The van der Waals surface area contributed by atoms with Gasteiger partial charge in [0.05, 0.1) is 11.1 Å². The van der Waals surface area contributed by atoms with Gasteiger partial charge in [-0.15, -0.1) is 0 Å². The number of ketones is 1. The van der Waals surface area contributed by atoms with Crippen molar-refractivity contribution in [3.63, 3.8) is 0 Å². The van der Waals surface area contributed by atoms with Gasteiger partial charge in [-0.25, -0.2) is 4.79 Å². The molecule has 0 bridgehead atoms. The average molecular weight is 264 g/mol. The molecule has 0 spiro atoms. The van der Waals surface area contributed by atoms with E-state index in [9.17, 15) is 14.7 Å². The molecule has 0 atom stereocenters. The molecule has 0 saturated heterocycles. The molecule has 19 heavy (non-hydrogen) atoms. The van der Waals surface area contributed by atoms with Gasteiger partial charge in [-0.05, 0) is 12.2 Å². The third-order valence-corrected chi connectivity index (χ3v) is 2.54. The van der Waals surface area contributed by atoms with Crippen molar-refractivity contribution in [2.45, 2.75) is 13.8 Å². The van der Waals surface area contributed by atoms with E-state index in [4.69, 9.17) is 9.84 Å². The Balaban J connectivity index is 3.24. The number of hydrogen-bond acceptors (Lipinski definition) is 4. The second kappa shape index (κ2) is 6.04. The molecular weight excluding hydrogens is 248 g/mol. The van der Waals surface area contributed by atoms with Crippen molar-refractivity contribution < 1.29 is 24.5 Å². The summed E-state index contributed by atoms with van der Waals surface area (Å²) in [6.45, 7) is 7.14. The summed E-state index contributed by atoms with van der Waals surface area (Å²) in [5.41, 5.74) is -0.327. The van der Waals surface area contributed by atoms with E-state index in [0.717, 1.165) is 6.08 Å². The van der Waals surface area contributed by atoms with Crippen LogP contribution in [-0.2, 0) is 14.3 Å². The monoisotopic (exact) mass is 264 g/mol. The number of ether oxygens (including phenoxy) is 1. The molecule has 0 aromatic heterocycles. The molecule has 0 aliphatic carbocycles. The molecule has 5 nitrogen and oxygen atoms in total. The first kappa shape index (κ1) is 14.8. The van der Waals surface area contributed by atoms with Gasteiger partial charge >= 0.3 is 5.97 Å². The number of rotatable bonds is 2. The molecule has 102 valence electrons. The van der Waals surface area contributed by atoms with E-state index < -0.39 is 17.5 Å². The maximum atomic E-state index is 11.8. The lowest BCUT2D eigenvalue weighted by Gasteiger charge is -2.14. The predicted octanol–water partition coefficient (Wildman–Crippen LogP) is 2.13. The van der Waals surface area contributed by atoms with Gasteiger partial charge in [-0.2, -0.15) is 0 Å². The van der Waals surface area contributed by atoms with Crippen LogP contribution in [0, 0.1) is 5.92 Å². The normalized spacial score (nSPS) is 25.5. The minimum Gasteiger partial charge on any atom is -0.507 e. The highest BCUT2D eigenvalue weighted by molar-refractivity contribution is 6.07. The van der Waals surface area contributed by atoms with Crippen LogP contribution >= 0.6 is 0 Å². The van der Waals surface area contributed by atoms with Crippen molar-refractivity contribution in [2.75, 3.05) is 6.61 Å². The number of aliphatic carboxylic acids is 1. The predicted molar refractivity (Wildman–Crippen MR) is 69.5 cm³/mol. The van der Waals surface area contributed by atoms with Crippen LogP contribution in [0.2, 0.25) is 0 Å². The molecule has 2 N–H and O–H groups in total. The smallest absolute Gasteiger partial charge is 0.335 e. The van der Waals surface area contributed by atoms with Gasteiger partial charge in [-0.1, -0.05) is 20.4 Å². The second-order valence-corrected chi connectivity index (χ2v) is 4.35. The summed E-state index contributed by atoms with van der Waals surface area (Å²) < 4.78 is 5.36. The molecule has 0 aromatic carbocycles. The number of carboxylic acids is 1. The number of carbonyl (C=O) groups is 2. The lowest BCUT2D eigenvalue weighted by atomic mass is 10.0. The second-order valence-electron chi connectivity index (χ2n) is 4.35. The van der Waals surface area contributed by atoms with E-state index in [1.165, 1.54) is 12.2 Å². The molecule has 1 aliphatic heterocycles. The molecule has 0 amide bonds. The van der Waals surface area contributed by atoms with Crippen molar-refractivity contribution in [3.8, 4) is 0 Å². The first-order valence-electron chi connectivity index (χ1n) is 5.75. The topological polar surface area (TPSA) is 83.8 Å². The molecule has 0 radical (unpaired) electrons. The standard InChI is InChI=1S/C14H16O5/c1-8(2)13-7-12(16)9(3)11(15)6-10(14(17)18)4-5-19-13/h4,6-8,15H,3,5H2,1-2H3,(H,17,18)/b10-4+,11-6+,13-7-. The van der Waals surface area contributed by atoms with Crippen LogP contribution in [0.25, 0.3) is 0 Å². The Kier molecular flexibility index (Phi) is 4.69. The van der Waals surface area contributed by atoms with Crippen molar-refractivity contribution >= 4 is 11.8 Å². The summed E-state index contributed by atoms with van der Waals surface area (Å²) in [5.74, 6) is -1.80. The highest BCUT2D eigenvalue weighted by Crippen LogP contribution is 2.17. The quantitative estimate of drug-likeness (QED) is 0.746. The van der Waals surface area contributed by atoms with E-state index in [1.54, 1.807) is 0 Å². The van der Waals surface area contributed by atoms with Crippen LogP contribution in [0.15, 0.2) is 47.5 Å². The number of hydrogen-bond donors (Lipinski definition) is 2. The third-order valence-electron chi connectivity index (χ3n) is 2.54. The molecule has 1 rings (SSSR count). The minimum absolute atomic E-state index is 0.00911. The van der Waals surface area contributed by atoms with E-state index in [0.29, 0.717) is 5.76 Å². The number of carbonyl (C=O) groups excluding carboxylic acids is 1. The Morgan fingerprint density at radius 2 is 2.05 bits per heavy atom. The molecule has 0 aromatic rings. The number of carboxylic acid groups (broad SMARTS) is 1. The molecule has 1 heterocycles. The van der Waals surface area contributed by atoms with Gasteiger partial charge in [0.15, 0.2) is 5.78 Å². The van der Waals surface area contributed by atoms with Crippen LogP contribution in [-0.4, -0.2) is 28.6 Å². The van der Waals surface area contributed by atoms with Crippen LogP contribution < -0.4 is 0 Å². The molecule has 0 fully saturated rings.